The molecule has 1 saturated carbocycles. The first-order valence-electron chi connectivity index (χ1n) is 8.67. The molecule has 0 aliphatic heterocycles. The summed E-state index contributed by atoms with van der Waals surface area (Å²) in [6, 6.07) is 9.43. The van der Waals surface area contributed by atoms with E-state index in [1.165, 1.54) is 0 Å². The van der Waals surface area contributed by atoms with Crippen molar-refractivity contribution in [3.8, 4) is 11.3 Å². The molecule has 1 unspecified atom stereocenters. The van der Waals surface area contributed by atoms with Gasteiger partial charge >= 0.3 is 0 Å². The highest BCUT2D eigenvalue weighted by Gasteiger charge is 2.28. The second kappa shape index (κ2) is 7.68. The molecule has 0 radical (unpaired) electrons. The Bertz CT molecular complexity index is 796. The van der Waals surface area contributed by atoms with Gasteiger partial charge < -0.3 is 4.74 Å². The minimum atomic E-state index is -3.68. The summed E-state index contributed by atoms with van der Waals surface area (Å²) in [4.78, 5) is 0.230. The maximum Gasteiger partial charge on any atom is 0.244 e. The molecule has 7 heteroatoms. The lowest BCUT2D eigenvalue weighted by Crippen LogP contribution is -2.35. The van der Waals surface area contributed by atoms with Gasteiger partial charge in [0.25, 0.3) is 0 Å². The highest BCUT2D eigenvalue weighted by molar-refractivity contribution is 7.89. The molecule has 1 aliphatic rings. The fourth-order valence-corrected chi connectivity index (χ4v) is 4.72. The van der Waals surface area contributed by atoms with Crippen molar-refractivity contribution in [3.63, 3.8) is 0 Å². The molecule has 6 nitrogen and oxygen atoms in total. The van der Waals surface area contributed by atoms with Gasteiger partial charge in [-0.1, -0.05) is 43.2 Å². The second-order valence-electron chi connectivity index (χ2n) is 6.60. The fourth-order valence-electron chi connectivity index (χ4n) is 3.34. The van der Waals surface area contributed by atoms with Crippen LogP contribution < -0.4 is 4.72 Å². The first kappa shape index (κ1) is 18.1. The fraction of sp³-hybridized carbons (Fsp3) is 0.500. The van der Waals surface area contributed by atoms with Crippen molar-refractivity contribution in [2.75, 3.05) is 13.7 Å². The van der Waals surface area contributed by atoms with Gasteiger partial charge in [-0.3, -0.25) is 4.68 Å². The van der Waals surface area contributed by atoms with E-state index in [-0.39, 0.29) is 17.0 Å². The standard InChI is InChI=1S/C18H25N3O3S/c1-14(13-24-2)20-25(22,23)17-12-21(16-10-6-7-11-16)19-18(17)15-8-4-3-5-9-15/h3-5,8-9,12,14,16,20H,6-7,10-11,13H2,1-2H3. The molecule has 1 atom stereocenters. The zero-order valence-electron chi connectivity index (χ0n) is 14.7. The summed E-state index contributed by atoms with van der Waals surface area (Å²) in [7, 11) is -2.13. The zero-order valence-corrected chi connectivity index (χ0v) is 15.5. The quantitative estimate of drug-likeness (QED) is 0.821. The first-order valence-corrected chi connectivity index (χ1v) is 10.2. The minimum absolute atomic E-state index is 0.230. The predicted octanol–water partition coefficient (Wildman–Crippen LogP) is 2.98. The zero-order chi connectivity index (χ0) is 17.9. The summed E-state index contributed by atoms with van der Waals surface area (Å²) in [5.74, 6) is 0. The number of sulfonamides is 1. The van der Waals surface area contributed by atoms with Gasteiger partial charge in [0.05, 0.1) is 12.6 Å². The Morgan fingerprint density at radius 3 is 2.60 bits per heavy atom. The summed E-state index contributed by atoms with van der Waals surface area (Å²) < 4.78 is 35.4. The van der Waals surface area contributed by atoms with E-state index >= 15 is 0 Å². The highest BCUT2D eigenvalue weighted by atomic mass is 32.2. The number of hydrogen-bond acceptors (Lipinski definition) is 4. The molecule has 1 N–H and O–H groups in total. The van der Waals surface area contributed by atoms with Crippen LogP contribution in [-0.4, -0.2) is 38.0 Å². The monoisotopic (exact) mass is 363 g/mol. The van der Waals surface area contributed by atoms with E-state index in [1.54, 1.807) is 20.2 Å². The van der Waals surface area contributed by atoms with Gasteiger partial charge in [0.15, 0.2) is 0 Å². The molecule has 1 fully saturated rings. The van der Waals surface area contributed by atoms with Crippen molar-refractivity contribution in [1.82, 2.24) is 14.5 Å². The Morgan fingerprint density at radius 1 is 1.28 bits per heavy atom. The Labute approximate surface area is 149 Å². The molecular weight excluding hydrogens is 338 g/mol. The smallest absolute Gasteiger partial charge is 0.244 e. The minimum Gasteiger partial charge on any atom is -0.383 e. The van der Waals surface area contributed by atoms with Crippen LogP contribution in [-0.2, 0) is 14.8 Å². The van der Waals surface area contributed by atoms with Gasteiger partial charge in [-0.15, -0.1) is 0 Å². The van der Waals surface area contributed by atoms with Crippen molar-refractivity contribution in [2.45, 2.75) is 49.6 Å². The SMILES string of the molecule is COCC(C)NS(=O)(=O)c1cn(C2CCCC2)nc1-c1ccccc1. The van der Waals surface area contributed by atoms with Crippen molar-refractivity contribution >= 4 is 10.0 Å². The van der Waals surface area contributed by atoms with Crippen LogP contribution >= 0.6 is 0 Å². The molecule has 0 saturated heterocycles. The lowest BCUT2D eigenvalue weighted by atomic mass is 10.2. The molecule has 1 heterocycles. The van der Waals surface area contributed by atoms with E-state index in [1.807, 2.05) is 35.0 Å². The summed E-state index contributed by atoms with van der Waals surface area (Å²) in [6.07, 6.45) is 6.10. The molecule has 25 heavy (non-hydrogen) atoms. The molecule has 1 aliphatic carbocycles. The summed E-state index contributed by atoms with van der Waals surface area (Å²) in [5.41, 5.74) is 1.31. The Kier molecular flexibility index (Phi) is 5.56. The van der Waals surface area contributed by atoms with Crippen LogP contribution in [0.1, 0.15) is 38.6 Å². The van der Waals surface area contributed by atoms with E-state index in [2.05, 4.69) is 9.82 Å². The largest absolute Gasteiger partial charge is 0.383 e. The summed E-state index contributed by atoms with van der Waals surface area (Å²) in [6.45, 7) is 2.10. The third kappa shape index (κ3) is 4.11. The van der Waals surface area contributed by atoms with Crippen molar-refractivity contribution in [2.24, 2.45) is 0 Å². The van der Waals surface area contributed by atoms with Crippen LogP contribution in [0.4, 0.5) is 0 Å². The predicted molar refractivity (Wildman–Crippen MR) is 96.8 cm³/mol. The molecular formula is C18H25N3O3S. The number of hydrogen-bond donors (Lipinski definition) is 1. The molecule has 0 bridgehead atoms. The maximum atomic E-state index is 12.9. The maximum absolute atomic E-state index is 12.9. The van der Waals surface area contributed by atoms with Crippen LogP contribution in [0.15, 0.2) is 41.4 Å². The summed E-state index contributed by atoms with van der Waals surface area (Å²) >= 11 is 0. The van der Waals surface area contributed by atoms with Crippen LogP contribution in [0.3, 0.4) is 0 Å². The Morgan fingerprint density at radius 2 is 1.96 bits per heavy atom. The van der Waals surface area contributed by atoms with Gasteiger partial charge in [-0.05, 0) is 19.8 Å². The lowest BCUT2D eigenvalue weighted by molar-refractivity contribution is 0.180. The number of ether oxygens (including phenoxy) is 1. The molecule has 3 rings (SSSR count). The third-order valence-electron chi connectivity index (χ3n) is 4.51. The van der Waals surface area contributed by atoms with E-state index in [0.717, 1.165) is 31.2 Å². The van der Waals surface area contributed by atoms with E-state index in [9.17, 15) is 8.42 Å². The average molecular weight is 363 g/mol. The third-order valence-corrected chi connectivity index (χ3v) is 6.10. The topological polar surface area (TPSA) is 73.2 Å². The van der Waals surface area contributed by atoms with Crippen LogP contribution in [0.2, 0.25) is 0 Å². The first-order chi connectivity index (χ1) is 12.0. The van der Waals surface area contributed by atoms with E-state index in [4.69, 9.17) is 4.74 Å². The molecule has 0 amide bonds. The molecule has 136 valence electrons. The number of nitrogens with zero attached hydrogens (tertiary/aromatic N) is 2. The van der Waals surface area contributed by atoms with E-state index < -0.39 is 10.0 Å². The van der Waals surface area contributed by atoms with Crippen LogP contribution in [0.5, 0.6) is 0 Å². The highest BCUT2D eigenvalue weighted by Crippen LogP contribution is 2.33. The number of aromatic nitrogens is 2. The van der Waals surface area contributed by atoms with Crippen LogP contribution in [0, 0.1) is 0 Å². The van der Waals surface area contributed by atoms with Gasteiger partial charge in [-0.2, -0.15) is 5.10 Å². The van der Waals surface area contributed by atoms with Gasteiger partial charge in [0, 0.05) is 24.9 Å². The van der Waals surface area contributed by atoms with Crippen molar-refractivity contribution < 1.29 is 13.2 Å². The number of nitrogens with one attached hydrogen (secondary N) is 1. The Hall–Kier alpha value is -1.70. The van der Waals surface area contributed by atoms with Crippen molar-refractivity contribution in [1.29, 1.82) is 0 Å². The molecule has 1 aromatic heterocycles. The number of benzene rings is 1. The van der Waals surface area contributed by atoms with Gasteiger partial charge in [0.2, 0.25) is 10.0 Å². The lowest BCUT2D eigenvalue weighted by Gasteiger charge is -2.13. The van der Waals surface area contributed by atoms with E-state index in [0.29, 0.717) is 12.3 Å². The Balaban J connectivity index is 2.01. The van der Waals surface area contributed by atoms with Gasteiger partial charge in [0.1, 0.15) is 10.6 Å². The van der Waals surface area contributed by atoms with Gasteiger partial charge in [-0.25, -0.2) is 13.1 Å². The average Bonchev–Trinajstić information content (AvgIpc) is 3.25. The van der Waals surface area contributed by atoms with Crippen molar-refractivity contribution in [3.05, 3.63) is 36.5 Å². The summed E-state index contributed by atoms with van der Waals surface area (Å²) in [5, 5.41) is 4.65. The molecule has 1 aromatic carbocycles. The number of methoxy groups -OCH3 is 1. The molecule has 2 aromatic rings. The second-order valence-corrected chi connectivity index (χ2v) is 8.29. The number of rotatable bonds is 7. The van der Waals surface area contributed by atoms with Crippen LogP contribution in [0.25, 0.3) is 11.3 Å². The normalized spacial score (nSPS) is 17.0. The molecule has 0 spiro atoms.